The monoisotopic (exact) mass is 381 g/mol. The molecule has 0 aromatic heterocycles. The molecule has 0 saturated heterocycles. The van der Waals surface area contributed by atoms with Crippen molar-refractivity contribution in [2.24, 2.45) is 0 Å². The number of hydrogen-bond acceptors (Lipinski definition) is 3. The molecular formula is C16H16BrNO3S. The van der Waals surface area contributed by atoms with Crippen LogP contribution >= 0.6 is 15.9 Å². The van der Waals surface area contributed by atoms with Crippen LogP contribution in [0.5, 0.6) is 0 Å². The van der Waals surface area contributed by atoms with Crippen molar-refractivity contribution in [1.82, 2.24) is 0 Å². The molecule has 22 heavy (non-hydrogen) atoms. The third kappa shape index (κ3) is 3.75. The van der Waals surface area contributed by atoms with E-state index < -0.39 is 15.1 Å². The van der Waals surface area contributed by atoms with Crippen molar-refractivity contribution in [1.29, 1.82) is 0 Å². The van der Waals surface area contributed by atoms with Gasteiger partial charge in [0.2, 0.25) is 0 Å². The zero-order chi connectivity index (χ0) is 16.3. The van der Waals surface area contributed by atoms with E-state index in [1.807, 2.05) is 12.1 Å². The van der Waals surface area contributed by atoms with Crippen molar-refractivity contribution in [3.63, 3.8) is 0 Å². The van der Waals surface area contributed by atoms with Crippen LogP contribution in [0.4, 0.5) is 5.69 Å². The van der Waals surface area contributed by atoms with Crippen LogP contribution in [0.3, 0.4) is 0 Å². The number of sulfone groups is 1. The average molecular weight is 382 g/mol. The summed E-state index contributed by atoms with van der Waals surface area (Å²) in [5.74, 6) is -0.286. The molecule has 0 spiro atoms. The number of anilines is 1. The Hall–Kier alpha value is -1.66. The Bertz CT molecular complexity index is 783. The van der Waals surface area contributed by atoms with Crippen molar-refractivity contribution in [2.75, 3.05) is 5.32 Å². The summed E-state index contributed by atoms with van der Waals surface area (Å²) in [5.41, 5.74) is 1.07. The minimum Gasteiger partial charge on any atom is -0.322 e. The van der Waals surface area contributed by atoms with Crippen LogP contribution in [0.2, 0.25) is 0 Å². The summed E-state index contributed by atoms with van der Waals surface area (Å²) in [5, 5.41) is 2.27. The number of rotatable bonds is 4. The smallest absolute Gasteiger partial charge is 0.255 e. The van der Waals surface area contributed by atoms with Gasteiger partial charge in [-0.25, -0.2) is 8.42 Å². The lowest BCUT2D eigenvalue weighted by molar-refractivity contribution is 0.102. The van der Waals surface area contributed by atoms with Crippen LogP contribution in [0.25, 0.3) is 0 Å². The molecule has 2 rings (SSSR count). The summed E-state index contributed by atoms with van der Waals surface area (Å²) < 4.78 is 24.9. The lowest BCUT2D eigenvalue weighted by Gasteiger charge is -2.09. The second-order valence-electron chi connectivity index (χ2n) is 5.08. The zero-order valence-electron chi connectivity index (χ0n) is 12.2. The first-order valence-corrected chi connectivity index (χ1v) is 9.05. The Balaban J connectivity index is 2.19. The van der Waals surface area contributed by atoms with Crippen LogP contribution in [0.15, 0.2) is 57.9 Å². The summed E-state index contributed by atoms with van der Waals surface area (Å²) in [6, 6.07) is 13.2. The molecule has 0 aliphatic rings. The lowest BCUT2D eigenvalue weighted by Crippen LogP contribution is -2.15. The quantitative estimate of drug-likeness (QED) is 0.873. The van der Waals surface area contributed by atoms with E-state index in [1.54, 1.807) is 26.0 Å². The highest BCUT2D eigenvalue weighted by Gasteiger charge is 2.19. The fraction of sp³-hybridized carbons (Fsp3) is 0.188. The maximum absolute atomic E-state index is 12.1. The highest BCUT2D eigenvalue weighted by molar-refractivity contribution is 9.10. The number of amides is 1. The van der Waals surface area contributed by atoms with Gasteiger partial charge in [0, 0.05) is 15.7 Å². The summed E-state index contributed by atoms with van der Waals surface area (Å²) >= 11 is 3.34. The summed E-state index contributed by atoms with van der Waals surface area (Å²) in [7, 11) is -3.32. The van der Waals surface area contributed by atoms with E-state index in [-0.39, 0.29) is 10.8 Å². The predicted octanol–water partition coefficient (Wildman–Crippen LogP) is 3.88. The molecular weight excluding hydrogens is 366 g/mol. The molecule has 0 aliphatic heterocycles. The van der Waals surface area contributed by atoms with Gasteiger partial charge >= 0.3 is 0 Å². The van der Waals surface area contributed by atoms with Crippen LogP contribution in [-0.2, 0) is 9.84 Å². The van der Waals surface area contributed by atoms with Gasteiger partial charge in [-0.1, -0.05) is 22.0 Å². The highest BCUT2D eigenvalue weighted by Crippen LogP contribution is 2.19. The fourth-order valence-corrected chi connectivity index (χ4v) is 3.30. The molecule has 0 bridgehead atoms. The van der Waals surface area contributed by atoms with E-state index in [0.29, 0.717) is 11.3 Å². The number of nitrogens with one attached hydrogen (secondary N) is 1. The molecule has 2 aromatic carbocycles. The fourth-order valence-electron chi connectivity index (χ4n) is 1.84. The van der Waals surface area contributed by atoms with E-state index in [2.05, 4.69) is 21.2 Å². The molecule has 0 atom stereocenters. The van der Waals surface area contributed by atoms with Crippen LogP contribution in [0, 0.1) is 0 Å². The van der Waals surface area contributed by atoms with E-state index in [1.165, 1.54) is 24.3 Å². The summed E-state index contributed by atoms with van der Waals surface area (Å²) in [6.07, 6.45) is 0. The van der Waals surface area contributed by atoms with E-state index >= 15 is 0 Å². The van der Waals surface area contributed by atoms with Crippen molar-refractivity contribution < 1.29 is 13.2 Å². The van der Waals surface area contributed by atoms with Gasteiger partial charge in [0.05, 0.1) is 10.1 Å². The van der Waals surface area contributed by atoms with E-state index in [0.717, 1.165) is 4.47 Å². The van der Waals surface area contributed by atoms with Crippen LogP contribution in [0.1, 0.15) is 24.2 Å². The van der Waals surface area contributed by atoms with Crippen molar-refractivity contribution in [2.45, 2.75) is 24.0 Å². The second kappa shape index (κ2) is 6.62. The third-order valence-corrected chi connectivity index (χ3v) is 5.81. The Kier molecular flexibility index (Phi) is 5.03. The van der Waals surface area contributed by atoms with Crippen molar-refractivity contribution in [3.05, 3.63) is 58.6 Å². The van der Waals surface area contributed by atoms with Gasteiger partial charge in [-0.3, -0.25) is 4.79 Å². The molecule has 0 fully saturated rings. The maximum atomic E-state index is 12.1. The van der Waals surface area contributed by atoms with Gasteiger partial charge in [0.25, 0.3) is 5.91 Å². The normalized spacial score (nSPS) is 11.5. The first kappa shape index (κ1) is 16.7. The molecule has 116 valence electrons. The molecule has 4 nitrogen and oxygen atoms in total. The minimum absolute atomic E-state index is 0.224. The largest absolute Gasteiger partial charge is 0.322 e. The summed E-state index contributed by atoms with van der Waals surface area (Å²) in [6.45, 7) is 3.26. The highest BCUT2D eigenvalue weighted by atomic mass is 79.9. The van der Waals surface area contributed by atoms with Gasteiger partial charge < -0.3 is 5.32 Å². The van der Waals surface area contributed by atoms with Gasteiger partial charge in [0.1, 0.15) is 0 Å². The molecule has 0 saturated carbocycles. The molecule has 1 N–H and O–H groups in total. The Morgan fingerprint density at radius 2 is 1.73 bits per heavy atom. The van der Waals surface area contributed by atoms with Crippen LogP contribution in [-0.4, -0.2) is 19.6 Å². The SMILES string of the molecule is CC(C)S(=O)(=O)c1ccc(C(=O)Nc2cccc(Br)c2)cc1. The Labute approximate surface area is 138 Å². The minimum atomic E-state index is -3.32. The topological polar surface area (TPSA) is 63.2 Å². The molecule has 0 unspecified atom stereocenters. The molecule has 6 heteroatoms. The first-order valence-electron chi connectivity index (χ1n) is 6.71. The standard InChI is InChI=1S/C16H16BrNO3S/c1-11(2)22(20,21)15-8-6-12(7-9-15)16(19)18-14-5-3-4-13(17)10-14/h3-11H,1-2H3,(H,18,19). The molecule has 0 radical (unpaired) electrons. The van der Waals surface area contributed by atoms with Gasteiger partial charge in [0.15, 0.2) is 9.84 Å². The summed E-state index contributed by atoms with van der Waals surface area (Å²) in [4.78, 5) is 12.4. The van der Waals surface area contributed by atoms with E-state index in [4.69, 9.17) is 0 Å². The van der Waals surface area contributed by atoms with Crippen molar-refractivity contribution in [3.8, 4) is 0 Å². The number of benzene rings is 2. The number of carbonyl (C=O) groups excluding carboxylic acids is 1. The first-order chi connectivity index (χ1) is 10.3. The predicted molar refractivity (Wildman–Crippen MR) is 90.9 cm³/mol. The van der Waals surface area contributed by atoms with Gasteiger partial charge in [-0.2, -0.15) is 0 Å². The number of halogens is 1. The number of hydrogen-bond donors (Lipinski definition) is 1. The van der Waals surface area contributed by atoms with Crippen molar-refractivity contribution >= 4 is 37.4 Å². The van der Waals surface area contributed by atoms with Gasteiger partial charge in [-0.05, 0) is 56.3 Å². The zero-order valence-corrected chi connectivity index (χ0v) is 14.6. The Morgan fingerprint density at radius 3 is 2.27 bits per heavy atom. The molecule has 2 aromatic rings. The Morgan fingerprint density at radius 1 is 1.09 bits per heavy atom. The molecule has 0 aliphatic carbocycles. The maximum Gasteiger partial charge on any atom is 0.255 e. The van der Waals surface area contributed by atoms with Crippen LogP contribution < -0.4 is 5.32 Å². The molecule has 0 heterocycles. The third-order valence-electron chi connectivity index (χ3n) is 3.15. The lowest BCUT2D eigenvalue weighted by atomic mass is 10.2. The van der Waals surface area contributed by atoms with E-state index in [9.17, 15) is 13.2 Å². The van der Waals surface area contributed by atoms with Gasteiger partial charge in [-0.15, -0.1) is 0 Å². The second-order valence-corrected chi connectivity index (χ2v) is 8.50. The number of carbonyl (C=O) groups is 1. The average Bonchev–Trinajstić information content (AvgIpc) is 2.47. The molecule has 1 amide bonds.